The average Bonchev–Trinajstić information content (AvgIpc) is 2.98. The molecule has 1 aromatic rings. The highest BCUT2D eigenvalue weighted by Gasteiger charge is 2.27. The highest BCUT2D eigenvalue weighted by atomic mass is 16.3. The molecule has 2 N–H and O–H groups in total. The Labute approximate surface area is 117 Å². The van der Waals surface area contributed by atoms with Crippen LogP contribution in [-0.2, 0) is 0 Å². The van der Waals surface area contributed by atoms with Crippen molar-refractivity contribution in [2.45, 2.75) is 57.5 Å². The lowest BCUT2D eigenvalue weighted by atomic mass is 9.80. The second-order valence-corrected chi connectivity index (χ2v) is 5.74. The fourth-order valence-electron chi connectivity index (χ4n) is 3.30. The quantitative estimate of drug-likeness (QED) is 0.791. The molecule has 0 spiro atoms. The van der Waals surface area contributed by atoms with Crippen LogP contribution in [0.25, 0.3) is 0 Å². The van der Waals surface area contributed by atoms with Crippen LogP contribution in [0.5, 0.6) is 0 Å². The number of rotatable bonds is 7. The van der Waals surface area contributed by atoms with Gasteiger partial charge in [0, 0.05) is 17.6 Å². The summed E-state index contributed by atoms with van der Waals surface area (Å²) in [5, 5.41) is 7.19. The van der Waals surface area contributed by atoms with E-state index in [2.05, 4.69) is 30.7 Å². The van der Waals surface area contributed by atoms with Crippen LogP contribution in [0.2, 0.25) is 0 Å². The lowest BCUT2D eigenvalue weighted by molar-refractivity contribution is 0.236. The summed E-state index contributed by atoms with van der Waals surface area (Å²) >= 11 is 0. The van der Waals surface area contributed by atoms with Crippen molar-refractivity contribution in [2.75, 3.05) is 13.6 Å². The fourth-order valence-corrected chi connectivity index (χ4v) is 3.30. The van der Waals surface area contributed by atoms with Gasteiger partial charge in [0.2, 0.25) is 0 Å². The molecule has 0 aromatic carbocycles. The second kappa shape index (κ2) is 7.71. The Morgan fingerprint density at radius 1 is 1.37 bits per heavy atom. The van der Waals surface area contributed by atoms with Crippen LogP contribution in [0.3, 0.4) is 0 Å². The standard InChI is InChI=1S/C16H28N2O/c1-3-9-18-16(14-8-10-19-12-14)11-13-6-4-5-7-15(13)17-2/h8,10,12-13,15-18H,3-7,9,11H2,1-2H3. The first-order valence-corrected chi connectivity index (χ1v) is 7.78. The van der Waals surface area contributed by atoms with E-state index >= 15 is 0 Å². The SMILES string of the molecule is CCCNC(CC1CCCCC1NC)c1ccoc1. The first kappa shape index (κ1) is 14.6. The number of hydrogen-bond donors (Lipinski definition) is 2. The summed E-state index contributed by atoms with van der Waals surface area (Å²) in [4.78, 5) is 0. The van der Waals surface area contributed by atoms with E-state index in [0.29, 0.717) is 12.1 Å². The van der Waals surface area contributed by atoms with Gasteiger partial charge in [-0.3, -0.25) is 0 Å². The first-order valence-electron chi connectivity index (χ1n) is 7.78. The van der Waals surface area contributed by atoms with Crippen LogP contribution in [0.1, 0.15) is 57.1 Å². The minimum absolute atomic E-state index is 0.442. The van der Waals surface area contributed by atoms with E-state index in [-0.39, 0.29) is 0 Å². The van der Waals surface area contributed by atoms with Gasteiger partial charge in [-0.1, -0.05) is 19.8 Å². The van der Waals surface area contributed by atoms with E-state index in [0.717, 1.165) is 12.5 Å². The van der Waals surface area contributed by atoms with Crippen LogP contribution in [-0.4, -0.2) is 19.6 Å². The Morgan fingerprint density at radius 2 is 2.21 bits per heavy atom. The molecule has 3 nitrogen and oxygen atoms in total. The molecule has 19 heavy (non-hydrogen) atoms. The van der Waals surface area contributed by atoms with Gasteiger partial charge in [0.25, 0.3) is 0 Å². The molecule has 3 atom stereocenters. The van der Waals surface area contributed by atoms with Crippen LogP contribution < -0.4 is 10.6 Å². The third kappa shape index (κ3) is 4.08. The third-order valence-electron chi connectivity index (χ3n) is 4.40. The van der Waals surface area contributed by atoms with Crippen LogP contribution in [0.4, 0.5) is 0 Å². The van der Waals surface area contributed by atoms with Crippen molar-refractivity contribution in [2.24, 2.45) is 5.92 Å². The highest BCUT2D eigenvalue weighted by molar-refractivity contribution is 5.12. The number of hydrogen-bond acceptors (Lipinski definition) is 3. The average molecular weight is 264 g/mol. The molecule has 108 valence electrons. The van der Waals surface area contributed by atoms with Crippen molar-refractivity contribution in [1.82, 2.24) is 10.6 Å². The van der Waals surface area contributed by atoms with E-state index in [9.17, 15) is 0 Å². The summed E-state index contributed by atoms with van der Waals surface area (Å²) in [6.07, 6.45) is 11.5. The monoisotopic (exact) mass is 264 g/mol. The van der Waals surface area contributed by atoms with E-state index in [4.69, 9.17) is 4.42 Å². The van der Waals surface area contributed by atoms with E-state index in [1.54, 1.807) is 6.26 Å². The molecule has 3 heteroatoms. The van der Waals surface area contributed by atoms with Gasteiger partial charge in [0.15, 0.2) is 0 Å². The van der Waals surface area contributed by atoms with Gasteiger partial charge in [0.05, 0.1) is 12.5 Å². The van der Waals surface area contributed by atoms with Gasteiger partial charge in [-0.15, -0.1) is 0 Å². The Hall–Kier alpha value is -0.800. The molecular formula is C16H28N2O. The van der Waals surface area contributed by atoms with E-state index in [1.807, 2.05) is 6.26 Å². The third-order valence-corrected chi connectivity index (χ3v) is 4.40. The molecule has 0 bridgehead atoms. The molecule has 1 aliphatic rings. The minimum Gasteiger partial charge on any atom is -0.472 e. The molecular weight excluding hydrogens is 236 g/mol. The Kier molecular flexibility index (Phi) is 5.93. The first-order chi connectivity index (χ1) is 9.35. The fraction of sp³-hybridized carbons (Fsp3) is 0.750. The van der Waals surface area contributed by atoms with Crippen molar-refractivity contribution in [3.63, 3.8) is 0 Å². The predicted octanol–water partition coefficient (Wildman–Crippen LogP) is 3.49. The molecule has 0 radical (unpaired) electrons. The van der Waals surface area contributed by atoms with E-state index in [1.165, 1.54) is 44.1 Å². The van der Waals surface area contributed by atoms with Crippen LogP contribution >= 0.6 is 0 Å². The topological polar surface area (TPSA) is 37.2 Å². The molecule has 0 aliphatic heterocycles. The Bertz CT molecular complexity index is 337. The maximum absolute atomic E-state index is 5.26. The molecule has 1 aliphatic carbocycles. The number of nitrogens with one attached hydrogen (secondary N) is 2. The van der Waals surface area contributed by atoms with Gasteiger partial charge in [-0.2, -0.15) is 0 Å². The minimum atomic E-state index is 0.442. The largest absolute Gasteiger partial charge is 0.472 e. The number of furan rings is 1. The van der Waals surface area contributed by atoms with Crippen molar-refractivity contribution in [1.29, 1.82) is 0 Å². The lowest BCUT2D eigenvalue weighted by Crippen LogP contribution is -2.38. The summed E-state index contributed by atoms with van der Waals surface area (Å²) in [6, 6.07) is 3.23. The molecule has 0 saturated heterocycles. The summed E-state index contributed by atoms with van der Waals surface area (Å²) in [6.45, 7) is 3.29. The molecule has 3 unspecified atom stereocenters. The Morgan fingerprint density at radius 3 is 2.89 bits per heavy atom. The zero-order valence-corrected chi connectivity index (χ0v) is 12.3. The van der Waals surface area contributed by atoms with Gasteiger partial charge in [0.1, 0.15) is 0 Å². The molecule has 1 saturated carbocycles. The second-order valence-electron chi connectivity index (χ2n) is 5.74. The van der Waals surface area contributed by atoms with Crippen molar-refractivity contribution in [3.8, 4) is 0 Å². The van der Waals surface area contributed by atoms with Crippen LogP contribution in [0.15, 0.2) is 23.0 Å². The van der Waals surface area contributed by atoms with Crippen molar-refractivity contribution in [3.05, 3.63) is 24.2 Å². The maximum atomic E-state index is 5.26. The Balaban J connectivity index is 1.98. The van der Waals surface area contributed by atoms with Gasteiger partial charge in [-0.05, 0) is 51.3 Å². The zero-order chi connectivity index (χ0) is 13.5. The predicted molar refractivity (Wildman–Crippen MR) is 79.2 cm³/mol. The highest BCUT2D eigenvalue weighted by Crippen LogP contribution is 2.32. The summed E-state index contributed by atoms with van der Waals surface area (Å²) in [5.41, 5.74) is 1.30. The molecule has 1 fully saturated rings. The molecule has 1 aromatic heterocycles. The lowest BCUT2D eigenvalue weighted by Gasteiger charge is -2.34. The van der Waals surface area contributed by atoms with Crippen molar-refractivity contribution < 1.29 is 4.42 Å². The normalized spacial score (nSPS) is 25.4. The maximum Gasteiger partial charge on any atom is 0.0950 e. The molecule has 1 heterocycles. The van der Waals surface area contributed by atoms with Gasteiger partial charge < -0.3 is 15.1 Å². The smallest absolute Gasteiger partial charge is 0.0950 e. The van der Waals surface area contributed by atoms with Gasteiger partial charge in [-0.25, -0.2) is 0 Å². The molecule has 0 amide bonds. The van der Waals surface area contributed by atoms with E-state index < -0.39 is 0 Å². The van der Waals surface area contributed by atoms with Crippen LogP contribution in [0, 0.1) is 5.92 Å². The van der Waals surface area contributed by atoms with Crippen molar-refractivity contribution >= 4 is 0 Å². The summed E-state index contributed by atoms with van der Waals surface area (Å²) < 4.78 is 5.26. The van der Waals surface area contributed by atoms with Gasteiger partial charge >= 0.3 is 0 Å². The summed E-state index contributed by atoms with van der Waals surface area (Å²) in [7, 11) is 2.11. The molecule has 2 rings (SSSR count). The summed E-state index contributed by atoms with van der Waals surface area (Å²) in [5.74, 6) is 0.781. The zero-order valence-electron chi connectivity index (χ0n) is 12.3.